The van der Waals surface area contributed by atoms with Crippen LogP contribution in [-0.4, -0.2) is 87.4 Å². The third kappa shape index (κ3) is 6.45. The van der Waals surface area contributed by atoms with Gasteiger partial charge in [0.25, 0.3) is 5.91 Å². The predicted molar refractivity (Wildman–Crippen MR) is 192 cm³/mol. The molecule has 2 aromatic heterocycles. The van der Waals surface area contributed by atoms with Crippen LogP contribution in [0.5, 0.6) is 5.75 Å². The van der Waals surface area contributed by atoms with E-state index < -0.39 is 68.6 Å². The number of nitrogens with zero attached hydrogens (tertiary/aromatic N) is 4. The summed E-state index contributed by atoms with van der Waals surface area (Å²) in [5.74, 6) is -1.98. The lowest BCUT2D eigenvalue weighted by molar-refractivity contribution is -0.141. The molecule has 1 spiro atoms. The normalized spacial score (nSPS) is 29.5. The molecule has 0 bridgehead atoms. The molecule has 6 heterocycles. The number of carbonyl (C=O) groups excluding carboxylic acids is 3. The lowest BCUT2D eigenvalue weighted by Gasteiger charge is -2.36. The molecule has 1 aliphatic carbocycles. The molecule has 1 aromatic carbocycles. The molecule has 12 nitrogen and oxygen atoms in total. The fourth-order valence-corrected chi connectivity index (χ4v) is 9.57. The average Bonchev–Trinajstić information content (AvgIpc) is 3.71. The second-order valence-corrected chi connectivity index (χ2v) is 17.2. The number of amides is 3. The SMILES string of the molecule is Cc1nc2ccccc2c2c1OC1(CC2)CC2C(=O)NC3(C(=O)N4CCS4(=O)=O)CC3C=CCCCCCC(Nc3cc(C(F)(F)F)ccn3)C(=O)N2C1. The van der Waals surface area contributed by atoms with E-state index in [-0.39, 0.29) is 43.9 Å². The number of sulfonamides is 1. The van der Waals surface area contributed by atoms with Crippen molar-refractivity contribution in [1.29, 1.82) is 0 Å². The van der Waals surface area contributed by atoms with Gasteiger partial charge in [0.15, 0.2) is 0 Å². The number of hydrogen-bond donors (Lipinski definition) is 2. The summed E-state index contributed by atoms with van der Waals surface area (Å²) in [6, 6.07) is 7.28. The highest BCUT2D eigenvalue weighted by molar-refractivity contribution is 7.90. The first-order chi connectivity index (χ1) is 25.7. The summed E-state index contributed by atoms with van der Waals surface area (Å²) >= 11 is 0. The second kappa shape index (κ2) is 13.2. The number of aromatic nitrogens is 2. The minimum absolute atomic E-state index is 0.00535. The zero-order valence-corrected chi connectivity index (χ0v) is 30.5. The molecule has 5 unspecified atom stereocenters. The summed E-state index contributed by atoms with van der Waals surface area (Å²) in [6.07, 6.45) is 4.41. The Balaban J connectivity index is 1.16. The fraction of sp³-hybridized carbons (Fsp3) is 0.500. The van der Waals surface area contributed by atoms with Gasteiger partial charge < -0.3 is 20.3 Å². The Morgan fingerprint density at radius 1 is 1.11 bits per heavy atom. The smallest absolute Gasteiger partial charge is 0.416 e. The van der Waals surface area contributed by atoms with E-state index in [2.05, 4.69) is 15.6 Å². The Hall–Kier alpha value is -4.73. The molecule has 2 saturated heterocycles. The standard InChI is InChI=1S/C38H41F3N6O6S/c1-23-32-27(26-10-7-8-11-28(26)43-23)13-15-36(53-32)21-30-33(48)45-37(35(50)47-17-18-54(47,51)52)20-25(37)9-5-3-2-4-6-12-29(34(49)46(30)22-36)44-31-19-24(14-16-42-31)38(39,40)41/h5,7-11,14,16,19,25,29-30H,2-4,6,12-13,15,17-18,20-22H2,1H3,(H,42,44)(H,45,48). The van der Waals surface area contributed by atoms with Crippen molar-refractivity contribution < 1.29 is 40.7 Å². The highest BCUT2D eigenvalue weighted by Crippen LogP contribution is 2.49. The first kappa shape index (κ1) is 36.3. The number of fused-ring (bicyclic) bond motifs is 5. The van der Waals surface area contributed by atoms with Gasteiger partial charge in [-0.2, -0.15) is 13.2 Å². The number of allylic oxidation sites excluding steroid dienone is 1. The van der Waals surface area contributed by atoms with Gasteiger partial charge in [-0.15, -0.1) is 0 Å². The van der Waals surface area contributed by atoms with E-state index in [4.69, 9.17) is 9.72 Å². The van der Waals surface area contributed by atoms with Gasteiger partial charge >= 0.3 is 6.18 Å². The molecule has 54 heavy (non-hydrogen) atoms. The van der Waals surface area contributed by atoms with Gasteiger partial charge in [0, 0.05) is 29.5 Å². The molecular formula is C38H41F3N6O6S. The van der Waals surface area contributed by atoms with Crippen LogP contribution in [0.1, 0.15) is 68.2 Å². The quantitative estimate of drug-likeness (QED) is 0.363. The van der Waals surface area contributed by atoms with Gasteiger partial charge in [0.1, 0.15) is 34.8 Å². The van der Waals surface area contributed by atoms with E-state index in [1.54, 1.807) is 0 Å². The number of para-hydroxylation sites is 1. The molecule has 4 aliphatic heterocycles. The molecule has 5 aliphatic rings. The minimum atomic E-state index is -4.63. The molecule has 3 fully saturated rings. The van der Waals surface area contributed by atoms with Gasteiger partial charge in [0.05, 0.1) is 35.6 Å². The first-order valence-electron chi connectivity index (χ1n) is 18.4. The van der Waals surface area contributed by atoms with Crippen LogP contribution in [0.4, 0.5) is 19.0 Å². The molecule has 8 rings (SSSR count). The molecule has 3 aromatic rings. The van der Waals surface area contributed by atoms with Crippen LogP contribution >= 0.6 is 0 Å². The number of alkyl halides is 3. The van der Waals surface area contributed by atoms with Crippen LogP contribution in [0.2, 0.25) is 0 Å². The van der Waals surface area contributed by atoms with Crippen molar-refractivity contribution in [2.45, 2.75) is 94.1 Å². The Morgan fingerprint density at radius 3 is 2.69 bits per heavy atom. The number of anilines is 1. The van der Waals surface area contributed by atoms with Crippen LogP contribution < -0.4 is 15.4 Å². The van der Waals surface area contributed by atoms with Gasteiger partial charge in [-0.3, -0.25) is 14.4 Å². The number of aryl methyl sites for hydroxylation is 2. The minimum Gasteiger partial charge on any atom is -0.483 e. The fourth-order valence-electron chi connectivity index (χ4n) is 8.49. The van der Waals surface area contributed by atoms with Crippen LogP contribution in [0.25, 0.3) is 10.9 Å². The van der Waals surface area contributed by atoms with Gasteiger partial charge in [0.2, 0.25) is 21.8 Å². The Kier molecular flexibility index (Phi) is 8.89. The van der Waals surface area contributed by atoms with Crippen molar-refractivity contribution in [2.75, 3.05) is 24.2 Å². The van der Waals surface area contributed by atoms with Crippen LogP contribution in [0.3, 0.4) is 0 Å². The number of rotatable bonds is 3. The Bertz CT molecular complexity index is 2180. The average molecular weight is 767 g/mol. The third-order valence-corrected chi connectivity index (χ3v) is 13.3. The van der Waals surface area contributed by atoms with E-state index in [1.165, 1.54) is 4.90 Å². The second-order valence-electron chi connectivity index (χ2n) is 15.1. The lowest BCUT2D eigenvalue weighted by atomic mass is 9.87. The van der Waals surface area contributed by atoms with Crippen LogP contribution in [0, 0.1) is 12.8 Å². The highest BCUT2D eigenvalue weighted by atomic mass is 32.2. The zero-order chi connectivity index (χ0) is 38.0. The number of benzene rings is 1. The maximum absolute atomic E-state index is 14.8. The Labute approximate surface area is 310 Å². The lowest BCUT2D eigenvalue weighted by Crippen LogP contribution is -2.61. The molecule has 0 radical (unpaired) electrons. The summed E-state index contributed by atoms with van der Waals surface area (Å²) in [5, 5.41) is 6.82. The Morgan fingerprint density at radius 2 is 1.93 bits per heavy atom. The van der Waals surface area contributed by atoms with E-state index in [1.807, 2.05) is 43.3 Å². The first-order valence-corrected chi connectivity index (χ1v) is 20.0. The monoisotopic (exact) mass is 766 g/mol. The van der Waals surface area contributed by atoms with E-state index >= 15 is 0 Å². The zero-order valence-electron chi connectivity index (χ0n) is 29.7. The van der Waals surface area contributed by atoms with Crippen molar-refractivity contribution in [3.05, 3.63) is 71.6 Å². The van der Waals surface area contributed by atoms with Gasteiger partial charge in [-0.1, -0.05) is 43.2 Å². The van der Waals surface area contributed by atoms with Crippen molar-refractivity contribution >= 4 is 44.5 Å². The summed E-state index contributed by atoms with van der Waals surface area (Å²) in [6.45, 7) is 1.87. The number of pyridine rings is 2. The van der Waals surface area contributed by atoms with Crippen molar-refractivity contribution in [2.24, 2.45) is 5.92 Å². The maximum atomic E-state index is 14.8. The van der Waals surface area contributed by atoms with Crippen molar-refractivity contribution in [3.63, 3.8) is 0 Å². The molecule has 16 heteroatoms. The van der Waals surface area contributed by atoms with E-state index in [0.717, 1.165) is 45.5 Å². The van der Waals surface area contributed by atoms with E-state index in [0.29, 0.717) is 43.5 Å². The largest absolute Gasteiger partial charge is 0.483 e. The number of hydrogen-bond acceptors (Lipinski definition) is 9. The van der Waals surface area contributed by atoms with Gasteiger partial charge in [-0.05, 0) is 63.6 Å². The number of ether oxygens (including phenoxy) is 1. The topological polar surface area (TPSA) is 151 Å². The number of nitrogens with one attached hydrogen (secondary N) is 2. The summed E-state index contributed by atoms with van der Waals surface area (Å²) < 4.78 is 73.7. The summed E-state index contributed by atoms with van der Waals surface area (Å²) in [7, 11) is -3.78. The number of carbonyl (C=O) groups is 3. The molecule has 2 N–H and O–H groups in total. The molecule has 286 valence electrons. The van der Waals surface area contributed by atoms with Crippen molar-refractivity contribution in [1.82, 2.24) is 24.5 Å². The predicted octanol–water partition coefficient (Wildman–Crippen LogP) is 4.67. The van der Waals surface area contributed by atoms with Crippen molar-refractivity contribution in [3.8, 4) is 5.75 Å². The molecular weight excluding hydrogens is 726 g/mol. The number of halogens is 3. The summed E-state index contributed by atoms with van der Waals surface area (Å²) in [4.78, 5) is 53.5. The van der Waals surface area contributed by atoms with Gasteiger partial charge in [-0.25, -0.2) is 22.7 Å². The summed E-state index contributed by atoms with van der Waals surface area (Å²) in [5.41, 5.74) is -0.975. The maximum Gasteiger partial charge on any atom is 0.416 e. The third-order valence-electron chi connectivity index (χ3n) is 11.6. The molecule has 5 atom stereocenters. The highest BCUT2D eigenvalue weighted by Gasteiger charge is 2.65. The van der Waals surface area contributed by atoms with Crippen LogP contribution in [0.15, 0.2) is 54.7 Å². The van der Waals surface area contributed by atoms with Crippen LogP contribution in [-0.2, 0) is 37.0 Å². The molecule has 3 amide bonds. The van der Waals surface area contributed by atoms with E-state index in [9.17, 15) is 36.0 Å². The molecule has 1 saturated carbocycles.